The summed E-state index contributed by atoms with van der Waals surface area (Å²) < 4.78 is 16.6. The summed E-state index contributed by atoms with van der Waals surface area (Å²) in [5, 5.41) is 0. The summed E-state index contributed by atoms with van der Waals surface area (Å²) in [6.07, 6.45) is 53.2. The Bertz CT molecular complexity index is 1070. The third kappa shape index (κ3) is 41.8. The van der Waals surface area contributed by atoms with E-state index in [1.807, 2.05) is 0 Å². The van der Waals surface area contributed by atoms with Crippen LogP contribution in [0.4, 0.5) is 0 Å². The Balaban J connectivity index is 4.41. The summed E-state index contributed by atoms with van der Waals surface area (Å²) in [5.74, 6) is -0.963. The first-order valence-electron chi connectivity index (χ1n) is 22.4. The van der Waals surface area contributed by atoms with Crippen molar-refractivity contribution in [1.82, 2.24) is 0 Å². The lowest BCUT2D eigenvalue weighted by Crippen LogP contribution is -2.30. The van der Waals surface area contributed by atoms with Gasteiger partial charge in [0.2, 0.25) is 0 Å². The zero-order valence-electron chi connectivity index (χ0n) is 35.7. The highest BCUT2D eigenvalue weighted by Crippen LogP contribution is 2.13. The minimum absolute atomic E-state index is 0.0969. The Kier molecular flexibility index (Phi) is 41.1. The first-order valence-corrected chi connectivity index (χ1v) is 22.4. The molecule has 6 nitrogen and oxygen atoms in total. The van der Waals surface area contributed by atoms with Crippen molar-refractivity contribution in [1.29, 1.82) is 0 Å². The van der Waals surface area contributed by atoms with Gasteiger partial charge in [0.05, 0.1) is 0 Å². The van der Waals surface area contributed by atoms with Crippen LogP contribution in [0.2, 0.25) is 0 Å². The average Bonchev–Trinajstić information content (AvgIpc) is 3.18. The van der Waals surface area contributed by atoms with Crippen molar-refractivity contribution in [2.45, 2.75) is 207 Å². The van der Waals surface area contributed by atoms with Gasteiger partial charge in [0, 0.05) is 19.3 Å². The van der Waals surface area contributed by atoms with E-state index >= 15 is 0 Å². The van der Waals surface area contributed by atoms with Crippen LogP contribution in [0.25, 0.3) is 0 Å². The van der Waals surface area contributed by atoms with Crippen LogP contribution in [0.5, 0.6) is 0 Å². The molecule has 0 aromatic carbocycles. The molecule has 0 aliphatic rings. The summed E-state index contributed by atoms with van der Waals surface area (Å²) in [5.41, 5.74) is 0. The van der Waals surface area contributed by atoms with E-state index in [9.17, 15) is 14.4 Å². The van der Waals surface area contributed by atoms with Crippen LogP contribution in [0.3, 0.4) is 0 Å². The maximum absolute atomic E-state index is 12.7. The molecule has 0 rings (SSSR count). The Morgan fingerprint density at radius 3 is 1.16 bits per heavy atom. The van der Waals surface area contributed by atoms with Crippen molar-refractivity contribution in [2.24, 2.45) is 0 Å². The molecule has 0 aliphatic heterocycles. The summed E-state index contributed by atoms with van der Waals surface area (Å²) in [6.45, 7) is 6.30. The number of hydrogen-bond acceptors (Lipinski definition) is 6. The maximum atomic E-state index is 12.7. The molecule has 0 aliphatic carbocycles. The van der Waals surface area contributed by atoms with Crippen LogP contribution in [0, 0.1) is 0 Å². The van der Waals surface area contributed by atoms with E-state index in [0.717, 1.165) is 109 Å². The molecule has 0 bridgehead atoms. The Morgan fingerprint density at radius 1 is 0.382 bits per heavy atom. The van der Waals surface area contributed by atoms with Gasteiger partial charge in [0.15, 0.2) is 6.10 Å². The first-order chi connectivity index (χ1) is 27.0. The van der Waals surface area contributed by atoms with E-state index in [2.05, 4.69) is 93.7 Å². The van der Waals surface area contributed by atoms with Gasteiger partial charge in [0.25, 0.3) is 0 Å². The lowest BCUT2D eigenvalue weighted by Gasteiger charge is -2.18. The number of carbonyl (C=O) groups excluding carboxylic acids is 3. The van der Waals surface area contributed by atoms with E-state index < -0.39 is 6.10 Å². The molecule has 0 saturated heterocycles. The number of rotatable bonds is 39. The lowest BCUT2D eigenvalue weighted by atomic mass is 10.1. The third-order valence-electron chi connectivity index (χ3n) is 9.18. The molecular weight excluding hydrogens is 685 g/mol. The second kappa shape index (κ2) is 43.6. The smallest absolute Gasteiger partial charge is 0.306 e. The van der Waals surface area contributed by atoms with E-state index in [0.29, 0.717) is 19.3 Å². The van der Waals surface area contributed by atoms with Crippen LogP contribution >= 0.6 is 0 Å². The average molecular weight is 767 g/mol. The molecular formula is C49H82O6. The Morgan fingerprint density at radius 2 is 0.709 bits per heavy atom. The standard InChI is InChI=1S/C49H82O6/c1-4-7-10-13-16-19-21-23-24-25-26-28-30-33-36-39-42-48(51)54-45-46(44-53-47(50)41-38-35-32-29-18-15-12-9-6-3)55-49(52)43-40-37-34-31-27-22-20-17-14-11-8-5-2/h7,9-10,12,16-20,23-24,29,46H,4-6,8,11,13-15,21-22,25-28,30-45H2,1-3H3/b10-7-,12-9-,19-16-,20-17-,24-23-,29-18-. The monoisotopic (exact) mass is 767 g/mol. The molecule has 0 radical (unpaired) electrons. The highest BCUT2D eigenvalue weighted by molar-refractivity contribution is 5.71. The molecule has 0 N–H and O–H groups in total. The zero-order chi connectivity index (χ0) is 40.1. The second-order valence-corrected chi connectivity index (χ2v) is 14.5. The van der Waals surface area contributed by atoms with Gasteiger partial charge in [-0.3, -0.25) is 14.4 Å². The molecule has 6 heteroatoms. The number of esters is 3. The molecule has 0 aromatic rings. The van der Waals surface area contributed by atoms with E-state index in [-0.39, 0.29) is 31.1 Å². The Labute approximate surface area is 338 Å². The van der Waals surface area contributed by atoms with Crippen molar-refractivity contribution >= 4 is 17.9 Å². The fourth-order valence-electron chi connectivity index (χ4n) is 5.84. The number of carbonyl (C=O) groups is 3. The SMILES string of the molecule is CC/C=C\C/C=C\C/C=C\CCCCCCCCC(=O)OCC(COC(=O)CCCC/C=C\C/C=C\CC)OC(=O)CCCCCCC/C=C\CCCCC. The van der Waals surface area contributed by atoms with E-state index in [1.165, 1.54) is 51.4 Å². The predicted octanol–water partition coefficient (Wildman–Crippen LogP) is 14.3. The number of allylic oxidation sites excluding steroid dienone is 12. The van der Waals surface area contributed by atoms with Gasteiger partial charge >= 0.3 is 17.9 Å². The van der Waals surface area contributed by atoms with Crippen molar-refractivity contribution in [3.05, 3.63) is 72.9 Å². The van der Waals surface area contributed by atoms with Gasteiger partial charge < -0.3 is 14.2 Å². The Hall–Kier alpha value is -3.15. The van der Waals surface area contributed by atoms with E-state index in [1.54, 1.807) is 0 Å². The zero-order valence-corrected chi connectivity index (χ0v) is 35.7. The quantitative estimate of drug-likeness (QED) is 0.0268. The van der Waals surface area contributed by atoms with Gasteiger partial charge in [-0.2, -0.15) is 0 Å². The molecule has 0 saturated carbocycles. The van der Waals surface area contributed by atoms with Gasteiger partial charge in [0.1, 0.15) is 13.2 Å². The van der Waals surface area contributed by atoms with Crippen LogP contribution in [0.1, 0.15) is 201 Å². The maximum Gasteiger partial charge on any atom is 0.306 e. The van der Waals surface area contributed by atoms with Gasteiger partial charge in [-0.15, -0.1) is 0 Å². The normalized spacial score (nSPS) is 12.7. The first kappa shape index (κ1) is 51.9. The molecule has 314 valence electrons. The highest BCUT2D eigenvalue weighted by atomic mass is 16.6. The minimum Gasteiger partial charge on any atom is -0.462 e. The number of ether oxygens (including phenoxy) is 3. The summed E-state index contributed by atoms with van der Waals surface area (Å²) >= 11 is 0. The van der Waals surface area contributed by atoms with Gasteiger partial charge in [-0.1, -0.05) is 151 Å². The van der Waals surface area contributed by atoms with Crippen molar-refractivity contribution in [2.75, 3.05) is 13.2 Å². The number of unbranched alkanes of at least 4 members (excludes halogenated alkanes) is 16. The summed E-state index contributed by atoms with van der Waals surface area (Å²) in [4.78, 5) is 37.6. The van der Waals surface area contributed by atoms with E-state index in [4.69, 9.17) is 14.2 Å². The fraction of sp³-hybridized carbons (Fsp3) is 0.694. The van der Waals surface area contributed by atoms with Crippen molar-refractivity contribution in [3.8, 4) is 0 Å². The lowest BCUT2D eigenvalue weighted by molar-refractivity contribution is -0.167. The molecule has 0 amide bonds. The molecule has 0 spiro atoms. The molecule has 0 heterocycles. The molecule has 0 aromatic heterocycles. The highest BCUT2D eigenvalue weighted by Gasteiger charge is 2.19. The molecule has 55 heavy (non-hydrogen) atoms. The van der Waals surface area contributed by atoms with Gasteiger partial charge in [-0.05, 0) is 103 Å². The molecule has 0 fully saturated rings. The molecule has 1 unspecified atom stereocenters. The minimum atomic E-state index is -0.795. The van der Waals surface area contributed by atoms with Crippen LogP contribution in [-0.4, -0.2) is 37.2 Å². The topological polar surface area (TPSA) is 78.9 Å². The molecule has 1 atom stereocenters. The van der Waals surface area contributed by atoms with Crippen LogP contribution < -0.4 is 0 Å². The fourth-order valence-corrected chi connectivity index (χ4v) is 5.84. The largest absolute Gasteiger partial charge is 0.462 e. The van der Waals surface area contributed by atoms with Crippen molar-refractivity contribution in [3.63, 3.8) is 0 Å². The second-order valence-electron chi connectivity index (χ2n) is 14.5. The van der Waals surface area contributed by atoms with Crippen molar-refractivity contribution < 1.29 is 28.6 Å². The van der Waals surface area contributed by atoms with Gasteiger partial charge in [-0.25, -0.2) is 0 Å². The third-order valence-corrected chi connectivity index (χ3v) is 9.18. The number of hydrogen-bond donors (Lipinski definition) is 0. The predicted molar refractivity (Wildman–Crippen MR) is 233 cm³/mol. The summed E-state index contributed by atoms with van der Waals surface area (Å²) in [6, 6.07) is 0. The van der Waals surface area contributed by atoms with Crippen LogP contribution in [-0.2, 0) is 28.6 Å². The van der Waals surface area contributed by atoms with Crippen LogP contribution in [0.15, 0.2) is 72.9 Å². The summed E-state index contributed by atoms with van der Waals surface area (Å²) in [7, 11) is 0.